The number of hydrogen-bond acceptors (Lipinski definition) is 4. The molecule has 2 rings (SSSR count). The average Bonchev–Trinajstić information content (AvgIpc) is 2.51. The Bertz CT molecular complexity index is 351. The van der Waals surface area contributed by atoms with Crippen molar-refractivity contribution in [2.24, 2.45) is 5.73 Å². The highest BCUT2D eigenvalue weighted by Crippen LogP contribution is 2.42. The minimum Gasteiger partial charge on any atom is -0.338 e. The Morgan fingerprint density at radius 3 is 2.40 bits per heavy atom. The molecule has 1 heterocycles. The lowest BCUT2D eigenvalue weighted by atomic mass is 9.69. The summed E-state index contributed by atoms with van der Waals surface area (Å²) >= 11 is 0. The fraction of sp³-hybridized carbons (Fsp3) is 0.750. The number of aromatic nitrogens is 2. The Kier molecular flexibility index (Phi) is 2.22. The van der Waals surface area contributed by atoms with Gasteiger partial charge in [-0.25, -0.2) is 0 Å². The van der Waals surface area contributed by atoms with Crippen molar-refractivity contribution < 1.29 is 17.7 Å². The predicted octanol–water partition coefficient (Wildman–Crippen LogP) is 1.47. The van der Waals surface area contributed by atoms with Gasteiger partial charge in [0.05, 0.1) is 5.41 Å². The molecule has 2 N–H and O–H groups in total. The molecule has 0 spiro atoms. The molecule has 0 radical (unpaired) electrons. The summed E-state index contributed by atoms with van der Waals surface area (Å²) < 4.78 is 41.2. The van der Waals surface area contributed by atoms with E-state index in [0.717, 1.165) is 6.42 Å². The third-order valence-corrected chi connectivity index (χ3v) is 2.83. The zero-order valence-electron chi connectivity index (χ0n) is 7.84. The van der Waals surface area contributed by atoms with E-state index in [0.29, 0.717) is 12.8 Å². The van der Waals surface area contributed by atoms with Crippen LogP contribution < -0.4 is 5.73 Å². The summed E-state index contributed by atoms with van der Waals surface area (Å²) in [6.45, 7) is 0.243. The van der Waals surface area contributed by atoms with Crippen molar-refractivity contribution >= 4 is 0 Å². The molecular formula is C8H10F3N3O. The van der Waals surface area contributed by atoms with E-state index in [4.69, 9.17) is 5.73 Å². The van der Waals surface area contributed by atoms with Crippen molar-refractivity contribution in [1.82, 2.24) is 10.1 Å². The van der Waals surface area contributed by atoms with E-state index < -0.39 is 17.4 Å². The second-order valence-corrected chi connectivity index (χ2v) is 3.76. The summed E-state index contributed by atoms with van der Waals surface area (Å²) in [6, 6.07) is 0. The molecule has 15 heavy (non-hydrogen) atoms. The molecule has 0 bridgehead atoms. The first kappa shape index (κ1) is 10.4. The van der Waals surface area contributed by atoms with Crippen LogP contribution in [0.1, 0.15) is 31.0 Å². The van der Waals surface area contributed by atoms with Gasteiger partial charge in [0, 0.05) is 6.54 Å². The fourth-order valence-corrected chi connectivity index (χ4v) is 1.66. The molecule has 1 aliphatic carbocycles. The van der Waals surface area contributed by atoms with Gasteiger partial charge in [0.15, 0.2) is 0 Å². The molecule has 84 valence electrons. The molecule has 1 aromatic rings. The number of nitrogens with zero attached hydrogens (tertiary/aromatic N) is 2. The maximum Gasteiger partial charge on any atom is 0.455 e. The summed E-state index contributed by atoms with van der Waals surface area (Å²) in [4.78, 5) is 3.36. The lowest BCUT2D eigenvalue weighted by Crippen LogP contribution is -2.41. The quantitative estimate of drug-likeness (QED) is 0.821. The SMILES string of the molecule is NCC1(c2nc(C(F)(F)F)no2)CCC1. The largest absolute Gasteiger partial charge is 0.455 e. The number of hydrogen-bond donors (Lipinski definition) is 1. The maximum absolute atomic E-state index is 12.2. The highest BCUT2D eigenvalue weighted by Gasteiger charge is 2.45. The summed E-state index contributed by atoms with van der Waals surface area (Å²) in [6.07, 6.45) is -2.20. The van der Waals surface area contributed by atoms with Crippen LogP contribution in [0.2, 0.25) is 0 Å². The first-order valence-corrected chi connectivity index (χ1v) is 4.59. The van der Waals surface area contributed by atoms with Crippen molar-refractivity contribution in [3.8, 4) is 0 Å². The Morgan fingerprint density at radius 2 is 2.07 bits per heavy atom. The highest BCUT2D eigenvalue weighted by atomic mass is 19.4. The smallest absolute Gasteiger partial charge is 0.338 e. The zero-order valence-corrected chi connectivity index (χ0v) is 7.84. The van der Waals surface area contributed by atoms with Gasteiger partial charge < -0.3 is 10.3 Å². The molecule has 0 saturated heterocycles. The van der Waals surface area contributed by atoms with Crippen LogP contribution in [-0.4, -0.2) is 16.7 Å². The van der Waals surface area contributed by atoms with Gasteiger partial charge in [0.1, 0.15) is 0 Å². The van der Waals surface area contributed by atoms with E-state index in [-0.39, 0.29) is 12.4 Å². The standard InChI is InChI=1S/C8H10F3N3O/c9-8(10,11)5-13-6(15-14-5)7(4-12)2-1-3-7/h1-4,12H2. The van der Waals surface area contributed by atoms with Crippen molar-refractivity contribution in [1.29, 1.82) is 0 Å². The number of nitrogens with two attached hydrogens (primary N) is 1. The van der Waals surface area contributed by atoms with Crippen molar-refractivity contribution in [3.63, 3.8) is 0 Å². The molecule has 0 atom stereocenters. The number of alkyl halides is 3. The van der Waals surface area contributed by atoms with Gasteiger partial charge in [-0.3, -0.25) is 0 Å². The van der Waals surface area contributed by atoms with Crippen LogP contribution >= 0.6 is 0 Å². The van der Waals surface area contributed by atoms with Gasteiger partial charge in [-0.1, -0.05) is 11.6 Å². The minimum absolute atomic E-state index is 0.0172. The monoisotopic (exact) mass is 221 g/mol. The zero-order chi connectivity index (χ0) is 11.1. The van der Waals surface area contributed by atoms with Gasteiger partial charge in [-0.05, 0) is 12.8 Å². The fourth-order valence-electron chi connectivity index (χ4n) is 1.66. The van der Waals surface area contributed by atoms with Gasteiger partial charge in [0.25, 0.3) is 5.82 Å². The number of halogens is 3. The van der Waals surface area contributed by atoms with Crippen LogP contribution in [0.25, 0.3) is 0 Å². The van der Waals surface area contributed by atoms with Crippen molar-refractivity contribution in [3.05, 3.63) is 11.7 Å². The van der Waals surface area contributed by atoms with Gasteiger partial charge in [-0.15, -0.1) is 0 Å². The Hall–Kier alpha value is -1.11. The third-order valence-electron chi connectivity index (χ3n) is 2.83. The molecule has 0 aliphatic heterocycles. The molecule has 4 nitrogen and oxygen atoms in total. The van der Waals surface area contributed by atoms with Gasteiger partial charge in [0.2, 0.25) is 5.89 Å². The second kappa shape index (κ2) is 3.19. The molecule has 1 saturated carbocycles. The maximum atomic E-state index is 12.2. The topological polar surface area (TPSA) is 64.9 Å². The van der Waals surface area contributed by atoms with Crippen LogP contribution in [0, 0.1) is 0 Å². The first-order valence-electron chi connectivity index (χ1n) is 4.59. The molecule has 1 fully saturated rings. The average molecular weight is 221 g/mol. The predicted molar refractivity (Wildman–Crippen MR) is 43.9 cm³/mol. The summed E-state index contributed by atoms with van der Waals surface area (Å²) in [5.41, 5.74) is 4.99. The molecule has 1 aromatic heterocycles. The highest BCUT2D eigenvalue weighted by molar-refractivity contribution is 5.12. The molecule has 0 amide bonds. The molecule has 7 heteroatoms. The van der Waals surface area contributed by atoms with Gasteiger partial charge >= 0.3 is 6.18 Å². The van der Waals surface area contributed by atoms with Crippen LogP contribution in [-0.2, 0) is 11.6 Å². The molecule has 1 aliphatic rings. The molecular weight excluding hydrogens is 211 g/mol. The number of rotatable bonds is 2. The van der Waals surface area contributed by atoms with E-state index >= 15 is 0 Å². The summed E-state index contributed by atoms with van der Waals surface area (Å²) in [7, 11) is 0. The summed E-state index contributed by atoms with van der Waals surface area (Å²) in [5, 5.41) is 2.92. The van der Waals surface area contributed by atoms with Gasteiger partial charge in [-0.2, -0.15) is 18.2 Å². The van der Waals surface area contributed by atoms with E-state index in [2.05, 4.69) is 14.7 Å². The normalized spacial score (nSPS) is 20.0. The van der Waals surface area contributed by atoms with Crippen LogP contribution in [0.5, 0.6) is 0 Å². The van der Waals surface area contributed by atoms with E-state index in [1.807, 2.05) is 0 Å². The van der Waals surface area contributed by atoms with Crippen molar-refractivity contribution in [2.75, 3.05) is 6.54 Å². The van der Waals surface area contributed by atoms with Crippen LogP contribution in [0.4, 0.5) is 13.2 Å². The van der Waals surface area contributed by atoms with E-state index in [9.17, 15) is 13.2 Å². The van der Waals surface area contributed by atoms with Crippen molar-refractivity contribution in [2.45, 2.75) is 30.9 Å². The lowest BCUT2D eigenvalue weighted by molar-refractivity contribution is -0.146. The Balaban J connectivity index is 2.27. The molecule has 0 aromatic carbocycles. The van der Waals surface area contributed by atoms with E-state index in [1.54, 1.807) is 0 Å². The van der Waals surface area contributed by atoms with E-state index in [1.165, 1.54) is 0 Å². The van der Waals surface area contributed by atoms with Crippen LogP contribution in [0.15, 0.2) is 4.52 Å². The lowest BCUT2D eigenvalue weighted by Gasteiger charge is -2.36. The first-order chi connectivity index (χ1) is 6.98. The van der Waals surface area contributed by atoms with Crippen LogP contribution in [0.3, 0.4) is 0 Å². The molecule has 0 unspecified atom stereocenters. The second-order valence-electron chi connectivity index (χ2n) is 3.76. The Labute approximate surface area is 83.6 Å². The summed E-state index contributed by atoms with van der Waals surface area (Å²) in [5.74, 6) is -1.21. The Morgan fingerprint density at radius 1 is 1.40 bits per heavy atom. The minimum atomic E-state index is -4.55. The third kappa shape index (κ3) is 1.60.